The van der Waals surface area contributed by atoms with Gasteiger partial charge in [-0.25, -0.2) is 0 Å². The summed E-state index contributed by atoms with van der Waals surface area (Å²) in [5.74, 6) is 0.622. The van der Waals surface area contributed by atoms with Crippen molar-refractivity contribution < 1.29 is 9.53 Å². The molecule has 2 aliphatic rings. The van der Waals surface area contributed by atoms with Gasteiger partial charge in [0, 0.05) is 18.7 Å². The molecular weight excluding hydrogens is 266 g/mol. The topological polar surface area (TPSA) is 76.4 Å². The van der Waals surface area contributed by atoms with Crippen molar-refractivity contribution in [2.45, 2.75) is 38.3 Å². The number of hydrogen-bond donors (Lipinski definition) is 3. The summed E-state index contributed by atoms with van der Waals surface area (Å²) in [7, 11) is 0. The van der Waals surface area contributed by atoms with Crippen molar-refractivity contribution in [1.82, 2.24) is 5.32 Å². The Morgan fingerprint density at radius 3 is 2.86 bits per heavy atom. The van der Waals surface area contributed by atoms with Gasteiger partial charge in [-0.15, -0.1) is 0 Å². The van der Waals surface area contributed by atoms with E-state index in [2.05, 4.69) is 10.6 Å². The molecule has 2 unspecified atom stereocenters. The highest BCUT2D eigenvalue weighted by Gasteiger charge is 2.40. The summed E-state index contributed by atoms with van der Waals surface area (Å²) in [6.07, 6.45) is 3.87. The number of benzene rings is 1. The summed E-state index contributed by atoms with van der Waals surface area (Å²) in [5, 5.41) is 6.27. The maximum atomic E-state index is 11.8. The van der Waals surface area contributed by atoms with Gasteiger partial charge in [0.05, 0.1) is 23.5 Å². The number of hydrogen-bond acceptors (Lipinski definition) is 4. The van der Waals surface area contributed by atoms with E-state index in [1.807, 2.05) is 19.1 Å². The summed E-state index contributed by atoms with van der Waals surface area (Å²) in [6, 6.07) is 5.76. The number of nitrogen functional groups attached to an aromatic ring is 1. The molecule has 1 amide bonds. The Bertz CT molecular complexity index is 528. The van der Waals surface area contributed by atoms with E-state index in [1.54, 1.807) is 6.07 Å². The van der Waals surface area contributed by atoms with Gasteiger partial charge in [-0.3, -0.25) is 4.79 Å². The Hall–Kier alpha value is -1.75. The molecule has 2 atom stereocenters. The lowest BCUT2D eigenvalue weighted by Crippen LogP contribution is -2.31. The molecule has 2 fully saturated rings. The molecule has 3 rings (SSSR count). The monoisotopic (exact) mass is 289 g/mol. The Balaban J connectivity index is 1.69. The van der Waals surface area contributed by atoms with Crippen LogP contribution in [0.25, 0.3) is 0 Å². The zero-order valence-corrected chi connectivity index (χ0v) is 12.4. The van der Waals surface area contributed by atoms with Crippen LogP contribution < -0.4 is 16.4 Å². The maximum Gasteiger partial charge on any atom is 0.251 e. The molecule has 1 aromatic carbocycles. The second kappa shape index (κ2) is 5.93. The fraction of sp³-hybridized carbons (Fsp3) is 0.562. The van der Waals surface area contributed by atoms with E-state index < -0.39 is 0 Å². The molecule has 5 nitrogen and oxygen atoms in total. The van der Waals surface area contributed by atoms with Gasteiger partial charge in [0.2, 0.25) is 0 Å². The van der Waals surface area contributed by atoms with Crippen LogP contribution in [-0.2, 0) is 4.74 Å². The van der Waals surface area contributed by atoms with E-state index in [9.17, 15) is 4.79 Å². The molecule has 0 spiro atoms. The highest BCUT2D eigenvalue weighted by Crippen LogP contribution is 2.40. The molecule has 0 aromatic heterocycles. The molecule has 5 heteroatoms. The zero-order chi connectivity index (χ0) is 14.8. The van der Waals surface area contributed by atoms with Crippen LogP contribution in [0.1, 0.15) is 36.5 Å². The van der Waals surface area contributed by atoms with Crippen molar-refractivity contribution in [2.75, 3.05) is 24.2 Å². The van der Waals surface area contributed by atoms with Gasteiger partial charge in [0.15, 0.2) is 0 Å². The lowest BCUT2D eigenvalue weighted by Gasteiger charge is -2.21. The van der Waals surface area contributed by atoms with Crippen molar-refractivity contribution in [2.24, 2.45) is 5.92 Å². The first-order valence-electron chi connectivity index (χ1n) is 7.75. The van der Waals surface area contributed by atoms with Crippen molar-refractivity contribution in [3.8, 4) is 0 Å². The fourth-order valence-corrected chi connectivity index (χ4v) is 2.95. The first-order chi connectivity index (χ1) is 10.2. The number of ether oxygens (including phenoxy) is 1. The van der Waals surface area contributed by atoms with Crippen LogP contribution in [0.2, 0.25) is 0 Å². The normalized spacial score (nSPS) is 24.8. The van der Waals surface area contributed by atoms with Crippen molar-refractivity contribution in [3.05, 3.63) is 23.8 Å². The smallest absolute Gasteiger partial charge is 0.251 e. The third kappa shape index (κ3) is 3.13. The fourth-order valence-electron chi connectivity index (χ4n) is 2.95. The highest BCUT2D eigenvalue weighted by atomic mass is 16.5. The van der Waals surface area contributed by atoms with Crippen LogP contribution in [0.3, 0.4) is 0 Å². The second-order valence-corrected chi connectivity index (χ2v) is 5.87. The average molecular weight is 289 g/mol. The zero-order valence-electron chi connectivity index (χ0n) is 12.4. The van der Waals surface area contributed by atoms with E-state index >= 15 is 0 Å². The second-order valence-electron chi connectivity index (χ2n) is 5.87. The summed E-state index contributed by atoms with van der Waals surface area (Å²) in [4.78, 5) is 11.8. The number of anilines is 2. The standard InChI is InChI=1S/C16H23N3O2/c1-2-18-16(20)11-5-6-13(12(17)9-11)19-14-7-8-21-15(14)10-3-4-10/h5-6,9-10,14-15,19H,2-4,7-8,17H2,1H3,(H,18,20). The Labute approximate surface area is 125 Å². The number of rotatable bonds is 5. The van der Waals surface area contributed by atoms with E-state index in [0.717, 1.165) is 18.7 Å². The van der Waals surface area contributed by atoms with Crippen LogP contribution in [0.5, 0.6) is 0 Å². The summed E-state index contributed by atoms with van der Waals surface area (Å²) in [6.45, 7) is 3.33. The number of nitrogens with one attached hydrogen (secondary N) is 2. The van der Waals surface area contributed by atoms with E-state index in [1.165, 1.54) is 12.8 Å². The summed E-state index contributed by atoms with van der Waals surface area (Å²) < 4.78 is 5.83. The number of carbonyl (C=O) groups excluding carboxylic acids is 1. The molecule has 4 N–H and O–H groups in total. The molecule has 1 saturated carbocycles. The minimum atomic E-state index is -0.0872. The van der Waals surface area contributed by atoms with Gasteiger partial charge in [0.1, 0.15) is 0 Å². The number of amides is 1. The van der Waals surface area contributed by atoms with Crippen LogP contribution in [0.15, 0.2) is 18.2 Å². The predicted molar refractivity (Wildman–Crippen MR) is 83.4 cm³/mol. The highest BCUT2D eigenvalue weighted by molar-refractivity contribution is 5.96. The average Bonchev–Trinajstić information content (AvgIpc) is 3.21. The van der Waals surface area contributed by atoms with Gasteiger partial charge >= 0.3 is 0 Å². The van der Waals surface area contributed by atoms with E-state index in [-0.39, 0.29) is 5.91 Å². The minimum Gasteiger partial charge on any atom is -0.397 e. The van der Waals surface area contributed by atoms with Crippen LogP contribution in [-0.4, -0.2) is 31.2 Å². The third-order valence-corrected chi connectivity index (χ3v) is 4.21. The Morgan fingerprint density at radius 2 is 2.19 bits per heavy atom. The molecule has 0 bridgehead atoms. The van der Waals surface area contributed by atoms with Gasteiger partial charge < -0.3 is 21.1 Å². The molecule has 114 valence electrons. The van der Waals surface area contributed by atoms with E-state index in [0.29, 0.717) is 35.9 Å². The lowest BCUT2D eigenvalue weighted by atomic mass is 10.1. The SMILES string of the molecule is CCNC(=O)c1ccc(NC2CCOC2C2CC2)c(N)c1. The number of nitrogens with two attached hydrogens (primary N) is 1. The number of carbonyl (C=O) groups is 1. The first-order valence-corrected chi connectivity index (χ1v) is 7.75. The lowest BCUT2D eigenvalue weighted by molar-refractivity contribution is 0.0898. The van der Waals surface area contributed by atoms with Gasteiger partial charge in [-0.1, -0.05) is 0 Å². The van der Waals surface area contributed by atoms with Gasteiger partial charge in [-0.2, -0.15) is 0 Å². The molecular formula is C16H23N3O2. The Kier molecular flexibility index (Phi) is 4.01. The van der Waals surface area contributed by atoms with Crippen molar-refractivity contribution in [1.29, 1.82) is 0 Å². The van der Waals surface area contributed by atoms with Crippen molar-refractivity contribution in [3.63, 3.8) is 0 Å². The largest absolute Gasteiger partial charge is 0.397 e. The molecule has 1 aromatic rings. The molecule has 21 heavy (non-hydrogen) atoms. The third-order valence-electron chi connectivity index (χ3n) is 4.21. The van der Waals surface area contributed by atoms with Crippen LogP contribution in [0, 0.1) is 5.92 Å². The van der Waals surface area contributed by atoms with Crippen LogP contribution in [0.4, 0.5) is 11.4 Å². The predicted octanol–water partition coefficient (Wildman–Crippen LogP) is 2.00. The molecule has 1 aliphatic heterocycles. The molecule has 0 radical (unpaired) electrons. The van der Waals surface area contributed by atoms with Crippen molar-refractivity contribution >= 4 is 17.3 Å². The van der Waals surface area contributed by atoms with Gasteiger partial charge in [-0.05, 0) is 50.3 Å². The first kappa shape index (κ1) is 14.2. The summed E-state index contributed by atoms with van der Waals surface area (Å²) in [5.41, 5.74) is 8.19. The maximum absolute atomic E-state index is 11.8. The van der Waals surface area contributed by atoms with E-state index in [4.69, 9.17) is 10.5 Å². The van der Waals surface area contributed by atoms with Gasteiger partial charge in [0.25, 0.3) is 5.91 Å². The molecule has 1 heterocycles. The Morgan fingerprint density at radius 1 is 1.38 bits per heavy atom. The summed E-state index contributed by atoms with van der Waals surface area (Å²) >= 11 is 0. The quantitative estimate of drug-likeness (QED) is 0.725. The molecule has 1 aliphatic carbocycles. The van der Waals surface area contributed by atoms with Crippen LogP contribution >= 0.6 is 0 Å². The molecule has 1 saturated heterocycles. The minimum absolute atomic E-state index is 0.0872.